The molecule has 0 amide bonds. The van der Waals surface area contributed by atoms with Crippen LogP contribution in [0.4, 0.5) is 14.5 Å². The molecule has 0 fully saturated rings. The van der Waals surface area contributed by atoms with Crippen molar-refractivity contribution < 1.29 is 13.5 Å². The van der Waals surface area contributed by atoms with E-state index in [4.69, 9.17) is 10.5 Å². The third-order valence-corrected chi connectivity index (χ3v) is 2.57. The van der Waals surface area contributed by atoms with Gasteiger partial charge in [0, 0.05) is 5.56 Å². The Hall–Kier alpha value is -2.10. The summed E-state index contributed by atoms with van der Waals surface area (Å²) in [6, 6.07) is 9.65. The molecule has 0 aliphatic heterocycles. The van der Waals surface area contributed by atoms with Gasteiger partial charge in [0.15, 0.2) is 11.6 Å². The Kier molecular flexibility index (Phi) is 3.46. The number of hydrogen-bond acceptors (Lipinski definition) is 2. The monoisotopic (exact) mass is 249 g/mol. The Bertz CT molecular complexity index is 570. The third-order valence-electron chi connectivity index (χ3n) is 2.57. The number of anilines is 1. The zero-order valence-electron chi connectivity index (χ0n) is 9.91. The van der Waals surface area contributed by atoms with E-state index < -0.39 is 11.6 Å². The summed E-state index contributed by atoms with van der Waals surface area (Å²) in [6.45, 7) is 2.37. The molecule has 0 unspecified atom stereocenters. The first-order valence-electron chi connectivity index (χ1n) is 5.60. The van der Waals surface area contributed by atoms with E-state index in [0.717, 1.165) is 0 Å². The van der Waals surface area contributed by atoms with Gasteiger partial charge in [0.1, 0.15) is 5.75 Å². The maximum absolute atomic E-state index is 13.8. The van der Waals surface area contributed by atoms with Crippen molar-refractivity contribution in [2.75, 3.05) is 12.3 Å². The molecule has 2 aromatic carbocycles. The Morgan fingerprint density at radius 1 is 1.11 bits per heavy atom. The van der Waals surface area contributed by atoms with Gasteiger partial charge < -0.3 is 10.5 Å². The summed E-state index contributed by atoms with van der Waals surface area (Å²) in [5.74, 6) is -1.34. The van der Waals surface area contributed by atoms with Crippen LogP contribution in [-0.2, 0) is 0 Å². The van der Waals surface area contributed by atoms with E-state index in [1.54, 1.807) is 24.3 Å². The van der Waals surface area contributed by atoms with E-state index in [9.17, 15) is 8.78 Å². The zero-order valence-corrected chi connectivity index (χ0v) is 9.91. The van der Waals surface area contributed by atoms with Gasteiger partial charge in [0.2, 0.25) is 0 Å². The number of rotatable bonds is 3. The molecular formula is C14H13F2NO. The maximum atomic E-state index is 13.8. The van der Waals surface area contributed by atoms with E-state index >= 15 is 0 Å². The largest absolute Gasteiger partial charge is 0.494 e. The molecule has 18 heavy (non-hydrogen) atoms. The molecule has 2 N–H and O–H groups in total. The highest BCUT2D eigenvalue weighted by Crippen LogP contribution is 2.29. The summed E-state index contributed by atoms with van der Waals surface area (Å²) in [5.41, 5.74) is 5.83. The van der Waals surface area contributed by atoms with Crippen molar-refractivity contribution in [1.82, 2.24) is 0 Å². The van der Waals surface area contributed by atoms with Crippen LogP contribution in [0.2, 0.25) is 0 Å². The van der Waals surface area contributed by atoms with Gasteiger partial charge in [-0.15, -0.1) is 0 Å². The van der Waals surface area contributed by atoms with Crippen LogP contribution in [0.1, 0.15) is 6.92 Å². The molecule has 0 radical (unpaired) electrons. The van der Waals surface area contributed by atoms with Crippen LogP contribution in [0.5, 0.6) is 5.75 Å². The molecule has 2 rings (SSSR count). The summed E-state index contributed by atoms with van der Waals surface area (Å²) in [4.78, 5) is 0. The topological polar surface area (TPSA) is 35.2 Å². The molecule has 0 saturated carbocycles. The van der Waals surface area contributed by atoms with Crippen molar-refractivity contribution in [3.8, 4) is 16.9 Å². The fraction of sp³-hybridized carbons (Fsp3) is 0.143. The van der Waals surface area contributed by atoms with Crippen molar-refractivity contribution in [2.45, 2.75) is 6.92 Å². The van der Waals surface area contributed by atoms with Crippen LogP contribution in [0.3, 0.4) is 0 Å². The highest BCUT2D eigenvalue weighted by molar-refractivity contribution is 5.68. The highest BCUT2D eigenvalue weighted by atomic mass is 19.2. The Labute approximate surface area is 104 Å². The lowest BCUT2D eigenvalue weighted by molar-refractivity contribution is 0.340. The molecule has 0 heterocycles. The van der Waals surface area contributed by atoms with Crippen molar-refractivity contribution in [3.63, 3.8) is 0 Å². The van der Waals surface area contributed by atoms with Crippen molar-refractivity contribution in [3.05, 3.63) is 48.0 Å². The van der Waals surface area contributed by atoms with Crippen molar-refractivity contribution >= 4 is 5.69 Å². The highest BCUT2D eigenvalue weighted by Gasteiger charge is 2.13. The minimum absolute atomic E-state index is 0.170. The molecule has 0 saturated heterocycles. The lowest BCUT2D eigenvalue weighted by atomic mass is 10.0. The van der Waals surface area contributed by atoms with Crippen molar-refractivity contribution in [2.24, 2.45) is 0 Å². The fourth-order valence-electron chi connectivity index (χ4n) is 1.71. The molecule has 0 atom stereocenters. The number of halogens is 2. The van der Waals surface area contributed by atoms with Crippen LogP contribution in [0.25, 0.3) is 11.1 Å². The SMILES string of the molecule is CCOc1cccc(-c2ccc(N)c(F)c2F)c1. The minimum atomic E-state index is -1.02. The Morgan fingerprint density at radius 3 is 2.61 bits per heavy atom. The normalized spacial score (nSPS) is 10.4. The van der Waals surface area contributed by atoms with Crippen LogP contribution in [0, 0.1) is 11.6 Å². The first-order valence-corrected chi connectivity index (χ1v) is 5.60. The fourth-order valence-corrected chi connectivity index (χ4v) is 1.71. The second-order valence-corrected chi connectivity index (χ2v) is 3.79. The van der Waals surface area contributed by atoms with Gasteiger partial charge in [-0.1, -0.05) is 12.1 Å². The van der Waals surface area contributed by atoms with Gasteiger partial charge in [0.05, 0.1) is 12.3 Å². The zero-order chi connectivity index (χ0) is 13.1. The predicted molar refractivity (Wildman–Crippen MR) is 67.4 cm³/mol. The molecule has 2 nitrogen and oxygen atoms in total. The van der Waals surface area contributed by atoms with Crippen LogP contribution in [-0.4, -0.2) is 6.61 Å². The summed E-state index contributed by atoms with van der Waals surface area (Å²) >= 11 is 0. The van der Waals surface area contributed by atoms with Gasteiger partial charge in [-0.2, -0.15) is 0 Å². The van der Waals surface area contributed by atoms with E-state index in [2.05, 4.69) is 0 Å². The van der Waals surface area contributed by atoms with E-state index in [1.165, 1.54) is 12.1 Å². The molecule has 0 spiro atoms. The van der Waals surface area contributed by atoms with E-state index in [0.29, 0.717) is 17.9 Å². The van der Waals surface area contributed by atoms with Crippen LogP contribution < -0.4 is 10.5 Å². The second kappa shape index (κ2) is 5.04. The summed E-state index contributed by atoms with van der Waals surface area (Å²) in [7, 11) is 0. The van der Waals surface area contributed by atoms with Gasteiger partial charge >= 0.3 is 0 Å². The number of hydrogen-bond donors (Lipinski definition) is 1. The van der Waals surface area contributed by atoms with Gasteiger partial charge in [-0.25, -0.2) is 8.78 Å². The average Bonchev–Trinajstić information content (AvgIpc) is 2.37. The van der Waals surface area contributed by atoms with E-state index in [1.807, 2.05) is 6.92 Å². The van der Waals surface area contributed by atoms with Crippen LogP contribution >= 0.6 is 0 Å². The van der Waals surface area contributed by atoms with Crippen LogP contribution in [0.15, 0.2) is 36.4 Å². The number of nitrogen functional groups attached to an aromatic ring is 1. The first kappa shape index (κ1) is 12.4. The maximum Gasteiger partial charge on any atom is 0.182 e. The lowest BCUT2D eigenvalue weighted by Gasteiger charge is -2.08. The molecule has 0 aliphatic carbocycles. The average molecular weight is 249 g/mol. The number of nitrogens with two attached hydrogens (primary N) is 1. The van der Waals surface area contributed by atoms with E-state index in [-0.39, 0.29) is 11.3 Å². The Morgan fingerprint density at radius 2 is 1.89 bits per heavy atom. The molecule has 0 bridgehead atoms. The molecule has 2 aromatic rings. The smallest absolute Gasteiger partial charge is 0.182 e. The van der Waals surface area contributed by atoms with Gasteiger partial charge in [-0.3, -0.25) is 0 Å². The standard InChI is InChI=1S/C14H13F2NO/c1-2-18-10-5-3-4-9(8-10)11-6-7-12(17)14(16)13(11)15/h3-8H,2,17H2,1H3. The lowest BCUT2D eigenvalue weighted by Crippen LogP contribution is -1.97. The van der Waals surface area contributed by atoms with Crippen molar-refractivity contribution in [1.29, 1.82) is 0 Å². The second-order valence-electron chi connectivity index (χ2n) is 3.79. The molecule has 0 aromatic heterocycles. The Balaban J connectivity index is 2.48. The summed E-state index contributed by atoms with van der Waals surface area (Å²) in [5, 5.41) is 0. The third kappa shape index (κ3) is 2.27. The van der Waals surface area contributed by atoms with Gasteiger partial charge in [0.25, 0.3) is 0 Å². The number of ether oxygens (including phenoxy) is 1. The minimum Gasteiger partial charge on any atom is -0.494 e. The summed E-state index contributed by atoms with van der Waals surface area (Å²) < 4.78 is 32.5. The predicted octanol–water partition coefficient (Wildman–Crippen LogP) is 3.61. The quantitative estimate of drug-likeness (QED) is 0.843. The van der Waals surface area contributed by atoms with Gasteiger partial charge in [-0.05, 0) is 36.8 Å². The number of benzene rings is 2. The first-order chi connectivity index (χ1) is 8.63. The molecule has 0 aliphatic rings. The molecule has 94 valence electrons. The summed E-state index contributed by atoms with van der Waals surface area (Å²) in [6.07, 6.45) is 0. The molecular weight excluding hydrogens is 236 g/mol. The molecule has 4 heteroatoms.